The van der Waals surface area contributed by atoms with Crippen LogP contribution >= 0.6 is 0 Å². The largest absolute Gasteiger partial charge is 0.373 e. The quantitative estimate of drug-likeness (QED) is 0.629. The lowest BCUT2D eigenvalue weighted by atomic mass is 10.2. The molecule has 0 bridgehead atoms. The molecule has 3 nitrogen and oxygen atoms in total. The second-order valence-corrected chi connectivity index (χ2v) is 7.41. The SMILES string of the molecule is CC1CN(CCCCn2c3ccccc3c3ccccc32)CC(C)O1. The summed E-state index contributed by atoms with van der Waals surface area (Å²) in [6, 6.07) is 17.6. The van der Waals surface area contributed by atoms with Crippen LogP contribution in [0.4, 0.5) is 0 Å². The van der Waals surface area contributed by atoms with E-state index in [9.17, 15) is 0 Å². The zero-order valence-electron chi connectivity index (χ0n) is 15.3. The van der Waals surface area contributed by atoms with Gasteiger partial charge >= 0.3 is 0 Å². The third kappa shape index (κ3) is 3.44. The van der Waals surface area contributed by atoms with Crippen LogP contribution in [0.25, 0.3) is 21.8 Å². The minimum Gasteiger partial charge on any atom is -0.373 e. The molecule has 0 N–H and O–H groups in total. The highest BCUT2D eigenvalue weighted by molar-refractivity contribution is 6.07. The van der Waals surface area contributed by atoms with E-state index in [1.807, 2.05) is 0 Å². The molecule has 0 radical (unpaired) electrons. The van der Waals surface area contributed by atoms with Gasteiger partial charge in [-0.15, -0.1) is 0 Å². The lowest BCUT2D eigenvalue weighted by Crippen LogP contribution is -2.45. The number of aryl methyl sites for hydroxylation is 1. The molecule has 0 amide bonds. The van der Waals surface area contributed by atoms with Crippen LogP contribution in [0.5, 0.6) is 0 Å². The Bertz CT molecular complexity index is 790. The number of hydrogen-bond donors (Lipinski definition) is 0. The van der Waals surface area contributed by atoms with Gasteiger partial charge in [-0.05, 0) is 45.4 Å². The predicted octanol–water partition coefficient (Wildman–Crippen LogP) is 4.68. The van der Waals surface area contributed by atoms with Crippen molar-refractivity contribution in [2.45, 2.75) is 45.4 Å². The number of aromatic nitrogens is 1. The van der Waals surface area contributed by atoms with Crippen molar-refractivity contribution >= 4 is 21.8 Å². The Morgan fingerprint density at radius 2 is 1.32 bits per heavy atom. The first-order chi connectivity index (χ1) is 12.2. The van der Waals surface area contributed by atoms with Crippen LogP contribution in [0.15, 0.2) is 48.5 Å². The summed E-state index contributed by atoms with van der Waals surface area (Å²) >= 11 is 0. The van der Waals surface area contributed by atoms with Crippen molar-refractivity contribution < 1.29 is 4.74 Å². The van der Waals surface area contributed by atoms with Gasteiger partial charge in [-0.1, -0.05) is 36.4 Å². The molecule has 1 saturated heterocycles. The molecule has 2 aromatic carbocycles. The standard InChI is InChI=1S/C22H28N2O/c1-17-15-23(16-18(2)25-17)13-7-8-14-24-21-11-5-3-9-19(21)20-10-4-6-12-22(20)24/h3-6,9-12,17-18H,7-8,13-16H2,1-2H3. The molecule has 1 aromatic heterocycles. The molecule has 1 fully saturated rings. The molecule has 0 saturated carbocycles. The molecule has 132 valence electrons. The molecule has 4 rings (SSSR count). The summed E-state index contributed by atoms with van der Waals surface area (Å²) in [4.78, 5) is 2.56. The van der Waals surface area contributed by atoms with Gasteiger partial charge in [0.05, 0.1) is 12.2 Å². The van der Waals surface area contributed by atoms with E-state index >= 15 is 0 Å². The fraction of sp³-hybridized carbons (Fsp3) is 0.455. The Balaban J connectivity index is 1.44. The topological polar surface area (TPSA) is 17.4 Å². The van der Waals surface area contributed by atoms with Crippen molar-refractivity contribution in [3.05, 3.63) is 48.5 Å². The fourth-order valence-corrected chi connectivity index (χ4v) is 4.32. The number of hydrogen-bond acceptors (Lipinski definition) is 2. The molecule has 2 unspecified atom stereocenters. The van der Waals surface area contributed by atoms with Crippen molar-refractivity contribution in [1.29, 1.82) is 0 Å². The first kappa shape index (κ1) is 16.6. The van der Waals surface area contributed by atoms with Crippen LogP contribution in [0.3, 0.4) is 0 Å². The lowest BCUT2D eigenvalue weighted by molar-refractivity contribution is -0.0681. The Kier molecular flexibility index (Phi) is 4.78. The number of unbranched alkanes of at least 4 members (excludes halogenated alkanes) is 1. The van der Waals surface area contributed by atoms with Gasteiger partial charge in [-0.2, -0.15) is 0 Å². The van der Waals surface area contributed by atoms with Gasteiger partial charge in [0.15, 0.2) is 0 Å². The highest BCUT2D eigenvalue weighted by atomic mass is 16.5. The molecule has 2 heterocycles. The molecule has 3 heteroatoms. The van der Waals surface area contributed by atoms with E-state index in [-0.39, 0.29) is 0 Å². The summed E-state index contributed by atoms with van der Waals surface area (Å²) < 4.78 is 8.33. The highest BCUT2D eigenvalue weighted by Gasteiger charge is 2.21. The van der Waals surface area contributed by atoms with Crippen LogP contribution in [0.1, 0.15) is 26.7 Å². The second-order valence-electron chi connectivity index (χ2n) is 7.41. The number of fused-ring (bicyclic) bond motifs is 3. The van der Waals surface area contributed by atoms with Gasteiger partial charge in [-0.3, -0.25) is 4.90 Å². The summed E-state index contributed by atoms with van der Waals surface area (Å²) in [5, 5.41) is 2.74. The number of benzene rings is 2. The van der Waals surface area contributed by atoms with Gasteiger partial charge in [-0.25, -0.2) is 0 Å². The van der Waals surface area contributed by atoms with Crippen molar-refractivity contribution in [3.8, 4) is 0 Å². The minimum absolute atomic E-state index is 0.362. The van der Waals surface area contributed by atoms with Gasteiger partial charge in [0, 0.05) is 41.4 Å². The van der Waals surface area contributed by atoms with Gasteiger partial charge < -0.3 is 9.30 Å². The average Bonchev–Trinajstić information content (AvgIpc) is 2.92. The molecule has 25 heavy (non-hydrogen) atoms. The summed E-state index contributed by atoms with van der Waals surface area (Å²) in [6.07, 6.45) is 3.17. The maximum absolute atomic E-state index is 5.83. The smallest absolute Gasteiger partial charge is 0.0678 e. The van der Waals surface area contributed by atoms with Crippen molar-refractivity contribution in [3.63, 3.8) is 0 Å². The highest BCUT2D eigenvalue weighted by Crippen LogP contribution is 2.29. The summed E-state index contributed by atoms with van der Waals surface area (Å²) in [6.45, 7) is 8.76. The fourth-order valence-electron chi connectivity index (χ4n) is 4.32. The number of morpholine rings is 1. The van der Waals surface area contributed by atoms with Crippen molar-refractivity contribution in [2.24, 2.45) is 0 Å². The van der Waals surface area contributed by atoms with Crippen LogP contribution in [-0.2, 0) is 11.3 Å². The molecule has 1 aliphatic heterocycles. The third-order valence-electron chi connectivity index (χ3n) is 5.28. The van der Waals surface area contributed by atoms with Crippen molar-refractivity contribution in [1.82, 2.24) is 9.47 Å². The van der Waals surface area contributed by atoms with E-state index in [1.54, 1.807) is 0 Å². The summed E-state index contributed by atoms with van der Waals surface area (Å²) in [5.74, 6) is 0. The molecule has 3 aromatic rings. The van der Waals surface area contributed by atoms with Crippen LogP contribution in [0, 0.1) is 0 Å². The number of para-hydroxylation sites is 2. The van der Waals surface area contributed by atoms with Crippen LogP contribution < -0.4 is 0 Å². The maximum Gasteiger partial charge on any atom is 0.0678 e. The summed E-state index contributed by atoms with van der Waals surface area (Å²) in [7, 11) is 0. The van der Waals surface area contributed by atoms with E-state index in [0.29, 0.717) is 12.2 Å². The predicted molar refractivity (Wildman–Crippen MR) is 105 cm³/mol. The average molecular weight is 336 g/mol. The first-order valence-electron chi connectivity index (χ1n) is 9.56. The Labute approximate surface area is 150 Å². The van der Waals surface area contributed by atoms with Crippen LogP contribution in [0.2, 0.25) is 0 Å². The van der Waals surface area contributed by atoms with Crippen LogP contribution in [-0.4, -0.2) is 41.3 Å². The van der Waals surface area contributed by atoms with E-state index in [0.717, 1.165) is 19.6 Å². The first-order valence-corrected chi connectivity index (χ1v) is 9.56. The zero-order valence-corrected chi connectivity index (χ0v) is 15.3. The molecule has 2 atom stereocenters. The second kappa shape index (κ2) is 7.19. The maximum atomic E-state index is 5.83. The molecule has 0 spiro atoms. The van der Waals surface area contributed by atoms with Crippen molar-refractivity contribution in [2.75, 3.05) is 19.6 Å². The zero-order chi connectivity index (χ0) is 17.2. The molecule has 1 aliphatic rings. The summed E-state index contributed by atoms with van der Waals surface area (Å²) in [5.41, 5.74) is 2.72. The Hall–Kier alpha value is -1.84. The minimum atomic E-state index is 0.362. The number of rotatable bonds is 5. The van der Waals surface area contributed by atoms with E-state index < -0.39 is 0 Å². The van der Waals surface area contributed by atoms with Gasteiger partial charge in [0.1, 0.15) is 0 Å². The van der Waals surface area contributed by atoms with Gasteiger partial charge in [0.25, 0.3) is 0 Å². The molecular weight excluding hydrogens is 308 g/mol. The molecule has 0 aliphatic carbocycles. The van der Waals surface area contributed by atoms with E-state index in [4.69, 9.17) is 4.74 Å². The Morgan fingerprint density at radius 1 is 0.800 bits per heavy atom. The molecular formula is C22H28N2O. The number of ether oxygens (including phenoxy) is 1. The third-order valence-corrected chi connectivity index (χ3v) is 5.28. The monoisotopic (exact) mass is 336 g/mol. The van der Waals surface area contributed by atoms with E-state index in [2.05, 4.69) is 71.8 Å². The normalized spacial score (nSPS) is 22.0. The van der Waals surface area contributed by atoms with E-state index in [1.165, 1.54) is 41.2 Å². The lowest BCUT2D eigenvalue weighted by Gasteiger charge is -2.35. The van der Waals surface area contributed by atoms with Gasteiger partial charge in [0.2, 0.25) is 0 Å². The Morgan fingerprint density at radius 3 is 1.92 bits per heavy atom. The number of nitrogens with zero attached hydrogens (tertiary/aromatic N) is 2.